The Hall–Kier alpha value is -0.610. The molecule has 2 atom stereocenters. The molecule has 0 bridgehead atoms. The van der Waals surface area contributed by atoms with Gasteiger partial charge < -0.3 is 15.8 Å². The van der Waals surface area contributed by atoms with Crippen LogP contribution in [0, 0.1) is 0 Å². The number of carbonyl (C=O) groups is 1. The summed E-state index contributed by atoms with van der Waals surface area (Å²) in [6.45, 7) is 3.41. The van der Waals surface area contributed by atoms with Crippen molar-refractivity contribution in [2.75, 3.05) is 13.2 Å². The SMILES string of the molecule is CC(N)CCNC(=O)CC1CCCO1. The van der Waals surface area contributed by atoms with Gasteiger partial charge >= 0.3 is 0 Å². The molecule has 0 spiro atoms. The van der Waals surface area contributed by atoms with E-state index in [0.29, 0.717) is 13.0 Å². The predicted molar refractivity (Wildman–Crippen MR) is 54.9 cm³/mol. The second kappa shape index (κ2) is 5.98. The van der Waals surface area contributed by atoms with Crippen LogP contribution in [-0.2, 0) is 9.53 Å². The topological polar surface area (TPSA) is 64.3 Å². The summed E-state index contributed by atoms with van der Waals surface area (Å²) in [6.07, 6.45) is 3.57. The van der Waals surface area contributed by atoms with Gasteiger partial charge in [-0.25, -0.2) is 0 Å². The fourth-order valence-corrected chi connectivity index (χ4v) is 1.52. The first-order valence-corrected chi connectivity index (χ1v) is 5.32. The molecule has 1 aliphatic heterocycles. The molecule has 0 aliphatic carbocycles. The molecule has 4 heteroatoms. The van der Waals surface area contributed by atoms with Crippen LogP contribution in [0.25, 0.3) is 0 Å². The zero-order valence-corrected chi connectivity index (χ0v) is 8.79. The van der Waals surface area contributed by atoms with E-state index in [1.165, 1.54) is 0 Å². The highest BCUT2D eigenvalue weighted by Crippen LogP contribution is 2.14. The Kier molecular flexibility index (Phi) is 4.90. The van der Waals surface area contributed by atoms with E-state index in [1.54, 1.807) is 0 Å². The summed E-state index contributed by atoms with van der Waals surface area (Å²) in [7, 11) is 0. The quantitative estimate of drug-likeness (QED) is 0.675. The van der Waals surface area contributed by atoms with E-state index in [9.17, 15) is 4.79 Å². The van der Waals surface area contributed by atoms with Crippen molar-refractivity contribution in [1.29, 1.82) is 0 Å². The molecule has 14 heavy (non-hydrogen) atoms. The van der Waals surface area contributed by atoms with Gasteiger partial charge in [-0.3, -0.25) is 4.79 Å². The molecule has 0 aromatic heterocycles. The molecule has 1 amide bonds. The fourth-order valence-electron chi connectivity index (χ4n) is 1.52. The molecule has 82 valence electrons. The van der Waals surface area contributed by atoms with Gasteiger partial charge in [0.2, 0.25) is 5.91 Å². The number of amides is 1. The average molecular weight is 200 g/mol. The van der Waals surface area contributed by atoms with E-state index < -0.39 is 0 Å². The van der Waals surface area contributed by atoms with E-state index in [2.05, 4.69) is 5.32 Å². The van der Waals surface area contributed by atoms with Gasteiger partial charge in [-0.2, -0.15) is 0 Å². The molecular formula is C10H20N2O2. The second-order valence-electron chi connectivity index (χ2n) is 3.96. The largest absolute Gasteiger partial charge is 0.378 e. The van der Waals surface area contributed by atoms with Gasteiger partial charge in [-0.15, -0.1) is 0 Å². The van der Waals surface area contributed by atoms with Crippen LogP contribution >= 0.6 is 0 Å². The lowest BCUT2D eigenvalue weighted by Gasteiger charge is -2.10. The van der Waals surface area contributed by atoms with Crippen LogP contribution in [0.2, 0.25) is 0 Å². The van der Waals surface area contributed by atoms with Crippen molar-refractivity contribution in [3.8, 4) is 0 Å². The maximum absolute atomic E-state index is 11.3. The molecule has 0 saturated carbocycles. The number of nitrogens with two attached hydrogens (primary N) is 1. The first kappa shape index (κ1) is 11.5. The smallest absolute Gasteiger partial charge is 0.222 e. The predicted octanol–water partition coefficient (Wildman–Crippen LogP) is 0.409. The van der Waals surface area contributed by atoms with Crippen LogP contribution in [0.4, 0.5) is 0 Å². The third kappa shape index (κ3) is 4.58. The number of hydrogen-bond acceptors (Lipinski definition) is 3. The highest BCUT2D eigenvalue weighted by atomic mass is 16.5. The molecule has 1 heterocycles. The van der Waals surface area contributed by atoms with Crippen molar-refractivity contribution in [3.05, 3.63) is 0 Å². The monoisotopic (exact) mass is 200 g/mol. The summed E-state index contributed by atoms with van der Waals surface area (Å²) in [5, 5.41) is 2.84. The lowest BCUT2D eigenvalue weighted by Crippen LogP contribution is -2.31. The summed E-state index contributed by atoms with van der Waals surface area (Å²) in [5.74, 6) is 0.0811. The summed E-state index contributed by atoms with van der Waals surface area (Å²) in [5.41, 5.74) is 5.57. The Balaban J connectivity index is 2.03. The molecule has 1 saturated heterocycles. The number of carbonyl (C=O) groups excluding carboxylic acids is 1. The lowest BCUT2D eigenvalue weighted by molar-refractivity contribution is -0.123. The summed E-state index contributed by atoms with van der Waals surface area (Å²) < 4.78 is 5.37. The number of ether oxygens (including phenoxy) is 1. The van der Waals surface area contributed by atoms with E-state index in [-0.39, 0.29) is 18.1 Å². The van der Waals surface area contributed by atoms with Crippen LogP contribution in [-0.4, -0.2) is 31.2 Å². The highest BCUT2D eigenvalue weighted by Gasteiger charge is 2.18. The minimum atomic E-state index is 0.0811. The molecule has 0 radical (unpaired) electrons. The van der Waals surface area contributed by atoms with E-state index >= 15 is 0 Å². The van der Waals surface area contributed by atoms with Crippen LogP contribution in [0.1, 0.15) is 32.6 Å². The van der Waals surface area contributed by atoms with Crippen molar-refractivity contribution in [3.63, 3.8) is 0 Å². The standard InChI is InChI=1S/C10H20N2O2/c1-8(11)4-5-12-10(13)7-9-3-2-6-14-9/h8-9H,2-7,11H2,1H3,(H,12,13). The van der Waals surface area contributed by atoms with Crippen molar-refractivity contribution in [2.24, 2.45) is 5.73 Å². The van der Waals surface area contributed by atoms with Crippen LogP contribution < -0.4 is 11.1 Å². The third-order valence-corrected chi connectivity index (χ3v) is 2.36. The van der Waals surface area contributed by atoms with Crippen LogP contribution in [0.3, 0.4) is 0 Å². The fraction of sp³-hybridized carbons (Fsp3) is 0.900. The first-order chi connectivity index (χ1) is 6.68. The Morgan fingerprint density at radius 3 is 3.07 bits per heavy atom. The average Bonchev–Trinajstić information content (AvgIpc) is 2.56. The molecule has 0 aromatic rings. The van der Waals surface area contributed by atoms with Crippen LogP contribution in [0.5, 0.6) is 0 Å². The second-order valence-corrected chi connectivity index (χ2v) is 3.96. The molecule has 2 unspecified atom stereocenters. The van der Waals surface area contributed by atoms with Crippen molar-refractivity contribution in [2.45, 2.75) is 44.8 Å². The van der Waals surface area contributed by atoms with Gasteiger partial charge in [-0.05, 0) is 26.2 Å². The van der Waals surface area contributed by atoms with E-state index in [4.69, 9.17) is 10.5 Å². The van der Waals surface area contributed by atoms with Crippen molar-refractivity contribution < 1.29 is 9.53 Å². The van der Waals surface area contributed by atoms with Gasteiger partial charge in [0.05, 0.1) is 12.5 Å². The lowest BCUT2D eigenvalue weighted by atomic mass is 10.2. The number of hydrogen-bond donors (Lipinski definition) is 2. The van der Waals surface area contributed by atoms with E-state index in [0.717, 1.165) is 25.9 Å². The first-order valence-electron chi connectivity index (χ1n) is 5.32. The maximum Gasteiger partial charge on any atom is 0.222 e. The molecule has 0 aromatic carbocycles. The zero-order chi connectivity index (χ0) is 10.4. The Morgan fingerprint density at radius 2 is 2.50 bits per heavy atom. The minimum absolute atomic E-state index is 0.0811. The molecule has 1 rings (SSSR count). The zero-order valence-electron chi connectivity index (χ0n) is 8.79. The molecule has 1 fully saturated rings. The summed E-state index contributed by atoms with van der Waals surface area (Å²) >= 11 is 0. The normalized spacial score (nSPS) is 23.4. The van der Waals surface area contributed by atoms with Gasteiger partial charge in [0.25, 0.3) is 0 Å². The van der Waals surface area contributed by atoms with Crippen molar-refractivity contribution >= 4 is 5.91 Å². The van der Waals surface area contributed by atoms with Gasteiger partial charge in [-0.1, -0.05) is 0 Å². The summed E-state index contributed by atoms with van der Waals surface area (Å²) in [4.78, 5) is 11.3. The summed E-state index contributed by atoms with van der Waals surface area (Å²) in [6, 6.07) is 0.151. The number of rotatable bonds is 5. The molecule has 4 nitrogen and oxygen atoms in total. The van der Waals surface area contributed by atoms with Crippen LogP contribution in [0.15, 0.2) is 0 Å². The Labute approximate surface area is 85.2 Å². The number of nitrogens with one attached hydrogen (secondary N) is 1. The van der Waals surface area contributed by atoms with Gasteiger partial charge in [0.15, 0.2) is 0 Å². The molecule has 1 aliphatic rings. The highest BCUT2D eigenvalue weighted by molar-refractivity contribution is 5.76. The Bertz CT molecular complexity index is 177. The van der Waals surface area contributed by atoms with Crippen molar-refractivity contribution in [1.82, 2.24) is 5.32 Å². The molecular weight excluding hydrogens is 180 g/mol. The maximum atomic E-state index is 11.3. The third-order valence-electron chi connectivity index (χ3n) is 2.36. The van der Waals surface area contributed by atoms with E-state index in [1.807, 2.05) is 6.92 Å². The minimum Gasteiger partial charge on any atom is -0.378 e. The van der Waals surface area contributed by atoms with Gasteiger partial charge in [0, 0.05) is 19.2 Å². The Morgan fingerprint density at radius 1 is 1.71 bits per heavy atom. The molecule has 3 N–H and O–H groups in total. The van der Waals surface area contributed by atoms with Gasteiger partial charge in [0.1, 0.15) is 0 Å².